The first kappa shape index (κ1) is 19.9. The van der Waals surface area contributed by atoms with Crippen molar-refractivity contribution >= 4 is 34.7 Å². The molecule has 0 atom stereocenters. The molecule has 0 saturated heterocycles. The van der Waals surface area contributed by atoms with Gasteiger partial charge in [-0.15, -0.1) is 16.4 Å². The molecule has 0 bridgehead atoms. The molecular weight excluding hydrogens is 428 g/mol. The lowest BCUT2D eigenvalue weighted by atomic mass is 10.1. The molecule has 0 aliphatic carbocycles. The van der Waals surface area contributed by atoms with Crippen LogP contribution in [-0.4, -0.2) is 43.4 Å². The molecule has 4 aromatic rings. The lowest BCUT2D eigenvalue weighted by Crippen LogP contribution is -2.30. The minimum absolute atomic E-state index is 0.0651. The third-order valence-electron chi connectivity index (χ3n) is 5.19. The zero-order valence-electron chi connectivity index (χ0n) is 16.9. The number of tetrazole rings is 1. The highest BCUT2D eigenvalue weighted by Crippen LogP contribution is 2.33. The quantitative estimate of drug-likeness (QED) is 0.417. The van der Waals surface area contributed by atoms with E-state index < -0.39 is 0 Å². The Morgan fingerprint density at radius 3 is 2.87 bits per heavy atom. The Kier molecular flexibility index (Phi) is 5.52. The second-order valence-corrected chi connectivity index (χ2v) is 9.29. The van der Waals surface area contributed by atoms with E-state index in [4.69, 9.17) is 0 Å². The molecule has 0 unspecified atom stereocenters. The van der Waals surface area contributed by atoms with Gasteiger partial charge in [-0.2, -0.15) is 0 Å². The molecule has 0 spiro atoms. The molecule has 1 aliphatic heterocycles. The van der Waals surface area contributed by atoms with Crippen LogP contribution in [0.3, 0.4) is 0 Å². The van der Waals surface area contributed by atoms with Gasteiger partial charge in [0, 0.05) is 23.2 Å². The first-order chi connectivity index (χ1) is 15.2. The van der Waals surface area contributed by atoms with Gasteiger partial charge >= 0.3 is 0 Å². The Balaban J connectivity index is 1.25. The van der Waals surface area contributed by atoms with E-state index in [2.05, 4.69) is 32.0 Å². The lowest BCUT2D eigenvalue weighted by molar-refractivity contribution is -0.116. The smallest absolute Gasteiger partial charge is 0.237 e. The van der Waals surface area contributed by atoms with Gasteiger partial charge in [-0.05, 0) is 47.0 Å². The Morgan fingerprint density at radius 1 is 1.19 bits per heavy atom. The summed E-state index contributed by atoms with van der Waals surface area (Å²) in [6.07, 6.45) is 0.856. The van der Waals surface area contributed by atoms with Crippen LogP contribution in [0.15, 0.2) is 59.1 Å². The fraction of sp³-hybridized carbons (Fsp3) is 0.227. The molecule has 0 saturated carbocycles. The highest BCUT2D eigenvalue weighted by molar-refractivity contribution is 7.99. The van der Waals surface area contributed by atoms with Crippen molar-refractivity contribution in [2.45, 2.75) is 25.0 Å². The third kappa shape index (κ3) is 4.24. The number of fused-ring (bicyclic) bond motifs is 1. The van der Waals surface area contributed by atoms with Gasteiger partial charge in [-0.3, -0.25) is 4.79 Å². The molecular formula is C22H20N6OS2. The first-order valence-electron chi connectivity index (χ1n) is 9.96. The molecule has 0 fully saturated rings. The topological polar surface area (TPSA) is 76.8 Å². The maximum absolute atomic E-state index is 12.9. The molecule has 0 radical (unpaired) electrons. The average Bonchev–Trinajstić information content (AvgIpc) is 3.52. The van der Waals surface area contributed by atoms with Crippen molar-refractivity contribution in [3.8, 4) is 11.3 Å². The Morgan fingerprint density at radius 2 is 2.06 bits per heavy atom. The summed E-state index contributed by atoms with van der Waals surface area (Å²) in [5.74, 6) is 0.358. The molecule has 1 aliphatic rings. The van der Waals surface area contributed by atoms with Crippen molar-refractivity contribution in [1.29, 1.82) is 0 Å². The summed E-state index contributed by atoms with van der Waals surface area (Å²) in [7, 11) is 0. The highest BCUT2D eigenvalue weighted by atomic mass is 32.2. The van der Waals surface area contributed by atoms with Crippen LogP contribution < -0.4 is 4.90 Å². The summed E-state index contributed by atoms with van der Waals surface area (Å²) in [5, 5.41) is 15.7. The van der Waals surface area contributed by atoms with Crippen molar-refractivity contribution in [3.63, 3.8) is 0 Å². The monoisotopic (exact) mass is 448 g/mol. The van der Waals surface area contributed by atoms with Crippen LogP contribution in [-0.2, 0) is 17.8 Å². The molecule has 7 nitrogen and oxygen atoms in total. The summed E-state index contributed by atoms with van der Waals surface area (Å²) >= 11 is 3.02. The van der Waals surface area contributed by atoms with E-state index in [1.54, 1.807) is 16.0 Å². The number of carbonyl (C=O) groups is 1. The zero-order chi connectivity index (χ0) is 21.2. The molecule has 2 aromatic carbocycles. The van der Waals surface area contributed by atoms with Gasteiger partial charge in [0.25, 0.3) is 0 Å². The van der Waals surface area contributed by atoms with Crippen LogP contribution in [0.1, 0.15) is 16.1 Å². The molecule has 31 heavy (non-hydrogen) atoms. The number of rotatable bonds is 6. The van der Waals surface area contributed by atoms with Crippen LogP contribution in [0.5, 0.6) is 0 Å². The number of thioether (sulfide) groups is 1. The predicted molar refractivity (Wildman–Crippen MR) is 122 cm³/mol. The van der Waals surface area contributed by atoms with Crippen molar-refractivity contribution in [1.82, 2.24) is 25.2 Å². The molecule has 5 rings (SSSR count). The van der Waals surface area contributed by atoms with Crippen molar-refractivity contribution in [2.24, 2.45) is 0 Å². The highest BCUT2D eigenvalue weighted by Gasteiger charge is 2.25. The van der Waals surface area contributed by atoms with E-state index in [9.17, 15) is 4.79 Å². The summed E-state index contributed by atoms with van der Waals surface area (Å²) in [4.78, 5) is 19.4. The number of aromatic nitrogens is 5. The van der Waals surface area contributed by atoms with Crippen LogP contribution in [0, 0.1) is 6.92 Å². The van der Waals surface area contributed by atoms with Crippen LogP contribution in [0.25, 0.3) is 11.3 Å². The van der Waals surface area contributed by atoms with Crippen molar-refractivity contribution < 1.29 is 4.79 Å². The number of anilines is 1. The van der Waals surface area contributed by atoms with Gasteiger partial charge in [0.15, 0.2) is 0 Å². The number of aryl methyl sites for hydroxylation is 1. The normalized spacial score (nSPS) is 12.9. The average molecular weight is 449 g/mol. The maximum atomic E-state index is 12.9. The van der Waals surface area contributed by atoms with E-state index in [0.717, 1.165) is 33.9 Å². The van der Waals surface area contributed by atoms with Crippen LogP contribution >= 0.6 is 23.1 Å². The predicted octanol–water partition coefficient (Wildman–Crippen LogP) is 3.83. The summed E-state index contributed by atoms with van der Waals surface area (Å²) in [6, 6.07) is 16.3. The minimum Gasteiger partial charge on any atom is -0.311 e. The van der Waals surface area contributed by atoms with Gasteiger partial charge in [-0.25, -0.2) is 9.67 Å². The van der Waals surface area contributed by atoms with Gasteiger partial charge < -0.3 is 4.90 Å². The third-order valence-corrected chi connectivity index (χ3v) is 6.91. The van der Waals surface area contributed by atoms with E-state index in [1.165, 1.54) is 17.3 Å². The molecule has 0 N–H and O–H groups in total. The largest absolute Gasteiger partial charge is 0.311 e. The molecule has 2 aromatic heterocycles. The summed E-state index contributed by atoms with van der Waals surface area (Å²) < 4.78 is 1.73. The second-order valence-electron chi connectivity index (χ2n) is 7.28. The number of amides is 1. The minimum atomic E-state index is 0.0651. The first-order valence-corrected chi connectivity index (χ1v) is 11.8. The number of carbonyl (C=O) groups excluding carboxylic acids is 1. The van der Waals surface area contributed by atoms with Crippen molar-refractivity contribution in [3.05, 3.63) is 70.0 Å². The Hall–Kier alpha value is -3.04. The number of thiazole rings is 1. The van der Waals surface area contributed by atoms with Crippen molar-refractivity contribution in [2.75, 3.05) is 17.2 Å². The molecule has 1 amide bonds. The maximum Gasteiger partial charge on any atom is 0.237 e. The second kappa shape index (κ2) is 8.60. The van der Waals surface area contributed by atoms with E-state index >= 15 is 0 Å². The van der Waals surface area contributed by atoms with Gasteiger partial charge in [0.2, 0.25) is 11.1 Å². The van der Waals surface area contributed by atoms with Gasteiger partial charge in [0.1, 0.15) is 0 Å². The van der Waals surface area contributed by atoms with Gasteiger partial charge in [-0.1, -0.05) is 48.2 Å². The van der Waals surface area contributed by atoms with E-state index in [-0.39, 0.29) is 5.91 Å². The fourth-order valence-corrected chi connectivity index (χ4v) is 5.05. The molecule has 156 valence electrons. The SMILES string of the molecule is Cc1nc(-c2ccc3c(c2)CCN3C(=O)CSc2nnnn2Cc2ccccc2)cs1. The number of hydrogen-bond acceptors (Lipinski definition) is 7. The fourth-order valence-electron chi connectivity index (χ4n) is 3.68. The standard InChI is InChI=1S/C22H20N6OS2/c1-15-23-19(13-30-15)17-7-8-20-18(11-17)9-10-27(20)21(29)14-31-22-24-25-26-28(22)12-16-5-3-2-4-6-16/h2-8,11,13H,9-10,12,14H2,1H3. The lowest BCUT2D eigenvalue weighted by Gasteiger charge is -2.17. The number of nitrogens with zero attached hydrogens (tertiary/aromatic N) is 6. The molecule has 9 heteroatoms. The van der Waals surface area contributed by atoms with Gasteiger partial charge in [0.05, 0.1) is 23.0 Å². The van der Waals surface area contributed by atoms with Crippen LogP contribution in [0.2, 0.25) is 0 Å². The molecule has 3 heterocycles. The zero-order valence-corrected chi connectivity index (χ0v) is 18.6. The van der Waals surface area contributed by atoms with E-state index in [1.807, 2.05) is 54.3 Å². The van der Waals surface area contributed by atoms with E-state index in [0.29, 0.717) is 24.0 Å². The number of hydrogen-bond donors (Lipinski definition) is 0. The van der Waals surface area contributed by atoms with Crippen LogP contribution in [0.4, 0.5) is 5.69 Å². The summed E-state index contributed by atoms with van der Waals surface area (Å²) in [6.45, 7) is 3.29. The Bertz CT molecular complexity index is 1220. The summed E-state index contributed by atoms with van der Waals surface area (Å²) in [5.41, 5.74) is 5.39. The number of benzene rings is 2. The Labute approximate surface area is 188 Å².